The van der Waals surface area contributed by atoms with E-state index in [1.54, 1.807) is 18.1 Å². The number of nitrogens with zero attached hydrogens (tertiary/aromatic N) is 2. The van der Waals surface area contributed by atoms with Crippen molar-refractivity contribution in [2.75, 3.05) is 5.75 Å². The second kappa shape index (κ2) is 4.88. The fourth-order valence-corrected chi connectivity index (χ4v) is 3.01. The van der Waals surface area contributed by atoms with Crippen LogP contribution >= 0.6 is 11.8 Å². The number of aryl methyl sites for hydroxylation is 1. The molecule has 2 N–H and O–H groups in total. The van der Waals surface area contributed by atoms with E-state index in [4.69, 9.17) is 5.11 Å². The Kier molecular flexibility index (Phi) is 3.50. The Bertz CT molecular complexity index is 380. The van der Waals surface area contributed by atoms with Crippen molar-refractivity contribution in [3.8, 4) is 0 Å². The van der Waals surface area contributed by atoms with Crippen LogP contribution in [-0.4, -0.2) is 32.4 Å². The van der Waals surface area contributed by atoms with E-state index < -0.39 is 12.0 Å². The van der Waals surface area contributed by atoms with E-state index in [1.807, 2.05) is 6.20 Å². The molecular weight excluding hydrogens is 226 g/mol. The highest BCUT2D eigenvalue weighted by Crippen LogP contribution is 2.32. The summed E-state index contributed by atoms with van der Waals surface area (Å²) in [6.07, 6.45) is 4.66. The monoisotopic (exact) mass is 241 g/mol. The van der Waals surface area contributed by atoms with Crippen molar-refractivity contribution in [2.24, 2.45) is 0 Å². The number of aliphatic carboxylic acids is 1. The van der Waals surface area contributed by atoms with E-state index >= 15 is 0 Å². The van der Waals surface area contributed by atoms with Gasteiger partial charge in [0, 0.05) is 12.3 Å². The van der Waals surface area contributed by atoms with Crippen molar-refractivity contribution in [1.82, 2.24) is 14.9 Å². The molecule has 88 valence electrons. The summed E-state index contributed by atoms with van der Waals surface area (Å²) < 4.78 is 2.08. The van der Waals surface area contributed by atoms with E-state index in [0.717, 1.165) is 18.7 Å². The standard InChI is InChI=1S/C10H15N3O2S/c1-2-3-13-6-11-4-8(13)9-12-7(5-16-9)10(14)15/h4,6-7,9,12H,2-3,5H2,1H3,(H,14,15)/t7-,9?/m0/s1. The second-order valence-electron chi connectivity index (χ2n) is 3.78. The molecule has 1 unspecified atom stereocenters. The normalized spacial score (nSPS) is 24.8. The van der Waals surface area contributed by atoms with Crippen molar-refractivity contribution in [3.05, 3.63) is 18.2 Å². The van der Waals surface area contributed by atoms with Gasteiger partial charge >= 0.3 is 5.97 Å². The number of nitrogens with one attached hydrogen (secondary N) is 1. The lowest BCUT2D eigenvalue weighted by Crippen LogP contribution is -2.34. The van der Waals surface area contributed by atoms with Gasteiger partial charge in [-0.1, -0.05) is 6.92 Å². The van der Waals surface area contributed by atoms with Crippen LogP contribution < -0.4 is 5.32 Å². The Balaban J connectivity index is 2.08. The minimum Gasteiger partial charge on any atom is -0.480 e. The van der Waals surface area contributed by atoms with Crippen LogP contribution in [0.5, 0.6) is 0 Å². The number of hydrogen-bond donors (Lipinski definition) is 2. The number of carbonyl (C=O) groups is 1. The Hall–Kier alpha value is -1.01. The molecule has 2 heterocycles. The Labute approximate surface area is 98.2 Å². The third-order valence-electron chi connectivity index (χ3n) is 2.56. The van der Waals surface area contributed by atoms with Crippen molar-refractivity contribution < 1.29 is 9.90 Å². The van der Waals surface area contributed by atoms with Crippen LogP contribution in [-0.2, 0) is 11.3 Å². The smallest absolute Gasteiger partial charge is 0.321 e. The van der Waals surface area contributed by atoms with E-state index in [0.29, 0.717) is 5.75 Å². The number of imidazole rings is 1. The second-order valence-corrected chi connectivity index (χ2v) is 4.92. The van der Waals surface area contributed by atoms with Gasteiger partial charge in [-0.15, -0.1) is 11.8 Å². The van der Waals surface area contributed by atoms with Crippen LogP contribution in [0.1, 0.15) is 24.4 Å². The number of thioether (sulfide) groups is 1. The largest absolute Gasteiger partial charge is 0.480 e. The molecule has 0 saturated carbocycles. The molecule has 1 fully saturated rings. The first-order chi connectivity index (χ1) is 7.72. The van der Waals surface area contributed by atoms with Gasteiger partial charge in [0.15, 0.2) is 0 Å². The van der Waals surface area contributed by atoms with Gasteiger partial charge < -0.3 is 9.67 Å². The van der Waals surface area contributed by atoms with Gasteiger partial charge in [0.05, 0.1) is 23.6 Å². The highest BCUT2D eigenvalue weighted by molar-refractivity contribution is 7.99. The number of carboxylic acids is 1. The Morgan fingerprint density at radius 3 is 3.25 bits per heavy atom. The summed E-state index contributed by atoms with van der Waals surface area (Å²) in [5.74, 6) is -0.173. The van der Waals surface area contributed by atoms with Crippen LogP contribution in [0.3, 0.4) is 0 Å². The molecule has 1 aliphatic rings. The summed E-state index contributed by atoms with van der Waals surface area (Å²) in [6, 6.07) is -0.444. The average molecular weight is 241 g/mol. The molecule has 5 nitrogen and oxygen atoms in total. The number of carboxylic acid groups (broad SMARTS) is 1. The van der Waals surface area contributed by atoms with Crippen LogP contribution in [0, 0.1) is 0 Å². The van der Waals surface area contributed by atoms with Gasteiger partial charge in [0.1, 0.15) is 6.04 Å². The third kappa shape index (κ3) is 2.22. The maximum atomic E-state index is 10.8. The lowest BCUT2D eigenvalue weighted by atomic mass is 10.3. The molecule has 1 saturated heterocycles. The molecule has 6 heteroatoms. The fourth-order valence-electron chi connectivity index (χ4n) is 1.76. The summed E-state index contributed by atoms with van der Waals surface area (Å²) in [7, 11) is 0. The molecule has 2 atom stereocenters. The molecule has 1 aromatic heterocycles. The maximum Gasteiger partial charge on any atom is 0.321 e. The topological polar surface area (TPSA) is 67.2 Å². The Morgan fingerprint density at radius 2 is 2.62 bits per heavy atom. The summed E-state index contributed by atoms with van der Waals surface area (Å²) in [5.41, 5.74) is 1.07. The van der Waals surface area contributed by atoms with Gasteiger partial charge in [0.25, 0.3) is 0 Å². The predicted octanol–water partition coefficient (Wildman–Crippen LogP) is 1.08. The first-order valence-electron chi connectivity index (χ1n) is 5.33. The minimum atomic E-state index is -0.781. The van der Waals surface area contributed by atoms with Crippen LogP contribution in [0.25, 0.3) is 0 Å². The van der Waals surface area contributed by atoms with E-state index in [9.17, 15) is 4.79 Å². The zero-order valence-electron chi connectivity index (χ0n) is 9.09. The van der Waals surface area contributed by atoms with Gasteiger partial charge in [-0.3, -0.25) is 10.1 Å². The summed E-state index contributed by atoms with van der Waals surface area (Å²) >= 11 is 1.62. The van der Waals surface area contributed by atoms with Gasteiger partial charge in [0.2, 0.25) is 0 Å². The van der Waals surface area contributed by atoms with Crippen LogP contribution in [0.4, 0.5) is 0 Å². The fraction of sp³-hybridized carbons (Fsp3) is 0.600. The molecule has 0 bridgehead atoms. The van der Waals surface area contributed by atoms with Crippen molar-refractivity contribution in [3.63, 3.8) is 0 Å². The first kappa shape index (κ1) is 11.5. The van der Waals surface area contributed by atoms with Gasteiger partial charge in [-0.25, -0.2) is 4.98 Å². The summed E-state index contributed by atoms with van der Waals surface area (Å²) in [5, 5.41) is 12.0. The Morgan fingerprint density at radius 1 is 1.81 bits per heavy atom. The van der Waals surface area contributed by atoms with Crippen LogP contribution in [0.15, 0.2) is 12.5 Å². The maximum absolute atomic E-state index is 10.8. The third-order valence-corrected chi connectivity index (χ3v) is 3.79. The lowest BCUT2D eigenvalue weighted by Gasteiger charge is -2.13. The zero-order chi connectivity index (χ0) is 11.5. The molecule has 16 heavy (non-hydrogen) atoms. The summed E-state index contributed by atoms with van der Waals surface area (Å²) in [6.45, 7) is 3.03. The molecule has 0 aromatic carbocycles. The molecule has 0 radical (unpaired) electrons. The lowest BCUT2D eigenvalue weighted by molar-refractivity contribution is -0.138. The summed E-state index contributed by atoms with van der Waals surface area (Å²) in [4.78, 5) is 14.9. The van der Waals surface area contributed by atoms with E-state index in [2.05, 4.69) is 21.8 Å². The van der Waals surface area contributed by atoms with E-state index in [1.165, 1.54) is 0 Å². The zero-order valence-corrected chi connectivity index (χ0v) is 9.91. The van der Waals surface area contributed by atoms with Crippen LogP contribution in [0.2, 0.25) is 0 Å². The van der Waals surface area contributed by atoms with Crippen molar-refractivity contribution >= 4 is 17.7 Å². The molecule has 0 aliphatic carbocycles. The number of hydrogen-bond acceptors (Lipinski definition) is 4. The molecule has 0 spiro atoms. The molecule has 2 rings (SSSR count). The number of aromatic nitrogens is 2. The van der Waals surface area contributed by atoms with Crippen molar-refractivity contribution in [2.45, 2.75) is 31.3 Å². The van der Waals surface area contributed by atoms with Gasteiger partial charge in [-0.05, 0) is 6.42 Å². The highest BCUT2D eigenvalue weighted by Gasteiger charge is 2.31. The number of rotatable bonds is 4. The van der Waals surface area contributed by atoms with Gasteiger partial charge in [-0.2, -0.15) is 0 Å². The van der Waals surface area contributed by atoms with Crippen molar-refractivity contribution in [1.29, 1.82) is 0 Å². The minimum absolute atomic E-state index is 0.0511. The SMILES string of the molecule is CCCn1cncc1C1N[C@H](C(=O)O)CS1. The molecule has 1 aliphatic heterocycles. The molecule has 1 aromatic rings. The quantitative estimate of drug-likeness (QED) is 0.825. The average Bonchev–Trinajstić information content (AvgIpc) is 2.84. The highest BCUT2D eigenvalue weighted by atomic mass is 32.2. The molecular formula is C10H15N3O2S. The van der Waals surface area contributed by atoms with E-state index in [-0.39, 0.29) is 5.37 Å². The predicted molar refractivity (Wildman–Crippen MR) is 62.3 cm³/mol. The molecule has 0 amide bonds. The first-order valence-corrected chi connectivity index (χ1v) is 6.37.